The minimum atomic E-state index is -0.566. The van der Waals surface area contributed by atoms with Crippen LogP contribution in [0.15, 0.2) is 20.1 Å². The number of aliphatic hydroxyl groups is 2. The van der Waals surface area contributed by atoms with Crippen LogP contribution in [0.3, 0.4) is 0 Å². The number of halogens is 4. The number of allylic oxidation sites excluding steroid dienone is 2. The normalized spacial score (nSPS) is 50.6. The van der Waals surface area contributed by atoms with Gasteiger partial charge in [0.25, 0.3) is 0 Å². The van der Waals surface area contributed by atoms with E-state index in [1.54, 1.807) is 0 Å². The molecule has 4 unspecified atom stereocenters. The Balaban J connectivity index is 2.27. The van der Waals surface area contributed by atoms with Crippen LogP contribution in [-0.2, 0) is 0 Å². The van der Waals surface area contributed by atoms with E-state index in [0.29, 0.717) is 12.8 Å². The van der Waals surface area contributed by atoms with Crippen LogP contribution in [0, 0.1) is 0 Å². The van der Waals surface area contributed by atoms with Crippen LogP contribution in [0.25, 0.3) is 0 Å². The first-order chi connectivity index (χ1) is 7.34. The van der Waals surface area contributed by atoms with Crippen LogP contribution in [0.2, 0.25) is 0 Å². The van der Waals surface area contributed by atoms with E-state index >= 15 is 0 Å². The fraction of sp³-hybridized carbons (Fsp3) is 0.600. The Hall–Kier alpha value is 1.32. The van der Waals surface area contributed by atoms with Crippen LogP contribution >= 0.6 is 63.7 Å². The van der Waals surface area contributed by atoms with Crippen molar-refractivity contribution in [3.05, 3.63) is 20.1 Å². The first kappa shape index (κ1) is 12.4. The van der Waals surface area contributed by atoms with E-state index in [4.69, 9.17) is 0 Å². The van der Waals surface area contributed by atoms with Gasteiger partial charge in [0.2, 0.25) is 0 Å². The lowest BCUT2D eigenvalue weighted by molar-refractivity contribution is 0.0188. The minimum Gasteiger partial charge on any atom is -0.391 e. The summed E-state index contributed by atoms with van der Waals surface area (Å²) < 4.78 is 1.05. The van der Waals surface area contributed by atoms with E-state index < -0.39 is 16.5 Å². The number of rotatable bonds is 0. The molecule has 0 amide bonds. The Morgan fingerprint density at radius 1 is 1.12 bits per heavy atom. The monoisotopic (exact) mass is 476 g/mol. The molecule has 6 heteroatoms. The maximum absolute atomic E-state index is 10.1. The fourth-order valence-electron chi connectivity index (χ4n) is 2.94. The van der Waals surface area contributed by atoms with Gasteiger partial charge in [-0.05, 0) is 49.4 Å². The van der Waals surface area contributed by atoms with E-state index in [1.165, 1.54) is 0 Å². The highest BCUT2D eigenvalue weighted by molar-refractivity contribution is 9.15. The largest absolute Gasteiger partial charge is 0.391 e. The fourth-order valence-corrected chi connectivity index (χ4v) is 7.18. The molecule has 0 spiro atoms. The molecule has 4 rings (SSSR count). The molecular weight excluding hydrogens is 472 g/mol. The van der Waals surface area contributed by atoms with Crippen molar-refractivity contribution in [1.29, 1.82) is 0 Å². The van der Waals surface area contributed by atoms with Crippen molar-refractivity contribution in [3.63, 3.8) is 0 Å². The molecule has 0 aromatic carbocycles. The zero-order valence-electron chi connectivity index (χ0n) is 7.98. The predicted molar refractivity (Wildman–Crippen MR) is 76.5 cm³/mol. The summed E-state index contributed by atoms with van der Waals surface area (Å²) in [7, 11) is 0. The van der Waals surface area contributed by atoms with Gasteiger partial charge >= 0.3 is 0 Å². The Bertz CT molecular complexity index is 458. The van der Waals surface area contributed by atoms with Crippen molar-refractivity contribution in [2.45, 2.75) is 33.7 Å². The number of fused-ring (bicyclic) bond motifs is 2. The third kappa shape index (κ3) is 1.11. The van der Waals surface area contributed by atoms with E-state index in [2.05, 4.69) is 63.7 Å². The average molecular weight is 480 g/mol. The van der Waals surface area contributed by atoms with Crippen molar-refractivity contribution < 1.29 is 10.2 Å². The van der Waals surface area contributed by atoms with Gasteiger partial charge in [-0.15, -0.1) is 0 Å². The highest BCUT2D eigenvalue weighted by Crippen LogP contribution is 2.70. The first-order valence-corrected chi connectivity index (χ1v) is 8.05. The third-order valence-corrected chi connectivity index (χ3v) is 9.63. The molecule has 16 heavy (non-hydrogen) atoms. The van der Waals surface area contributed by atoms with Crippen LogP contribution in [0.1, 0.15) is 12.8 Å². The molecule has 88 valence electrons. The molecule has 2 nitrogen and oxygen atoms in total. The SMILES string of the molecule is OC1CC2=C(Br)C(Br)=C1C1(Br)C(O)CC21Br. The van der Waals surface area contributed by atoms with Gasteiger partial charge in [0.05, 0.1) is 20.9 Å². The summed E-state index contributed by atoms with van der Waals surface area (Å²) >= 11 is 14.4. The van der Waals surface area contributed by atoms with Crippen molar-refractivity contribution in [2.24, 2.45) is 0 Å². The highest BCUT2D eigenvalue weighted by atomic mass is 79.9. The predicted octanol–water partition coefficient (Wildman–Crippen LogP) is 3.09. The van der Waals surface area contributed by atoms with E-state index in [-0.39, 0.29) is 4.32 Å². The smallest absolute Gasteiger partial charge is 0.0955 e. The van der Waals surface area contributed by atoms with Gasteiger partial charge in [0.15, 0.2) is 0 Å². The highest BCUT2D eigenvalue weighted by Gasteiger charge is 2.72. The average Bonchev–Trinajstić information content (AvgIpc) is 2.21. The molecule has 0 aromatic heterocycles. The molecule has 2 N–H and O–H groups in total. The Morgan fingerprint density at radius 2 is 1.75 bits per heavy atom. The quantitative estimate of drug-likeness (QED) is 0.524. The van der Waals surface area contributed by atoms with Gasteiger partial charge < -0.3 is 10.2 Å². The van der Waals surface area contributed by atoms with E-state index in [0.717, 1.165) is 20.1 Å². The molecule has 2 saturated carbocycles. The van der Waals surface area contributed by atoms with Gasteiger partial charge in [-0.3, -0.25) is 0 Å². The lowest BCUT2D eigenvalue weighted by atomic mass is 9.55. The molecule has 0 aromatic rings. The zero-order valence-corrected chi connectivity index (χ0v) is 14.3. The van der Waals surface area contributed by atoms with Gasteiger partial charge in [-0.1, -0.05) is 31.9 Å². The van der Waals surface area contributed by atoms with Crippen molar-refractivity contribution in [3.8, 4) is 0 Å². The summed E-state index contributed by atoms with van der Waals surface area (Å²) in [5.74, 6) is 0. The van der Waals surface area contributed by atoms with Crippen molar-refractivity contribution in [2.75, 3.05) is 0 Å². The molecule has 2 fully saturated rings. The van der Waals surface area contributed by atoms with Gasteiger partial charge in [-0.2, -0.15) is 0 Å². The Kier molecular flexibility index (Phi) is 2.66. The van der Waals surface area contributed by atoms with Gasteiger partial charge in [0, 0.05) is 15.4 Å². The maximum atomic E-state index is 10.1. The van der Waals surface area contributed by atoms with E-state index in [1.807, 2.05) is 0 Å². The zero-order chi connectivity index (χ0) is 11.9. The van der Waals surface area contributed by atoms with Crippen LogP contribution < -0.4 is 0 Å². The molecule has 0 aliphatic heterocycles. The maximum Gasteiger partial charge on any atom is 0.0955 e. The molecule has 4 aliphatic carbocycles. The number of alkyl halides is 2. The lowest BCUT2D eigenvalue weighted by Crippen LogP contribution is -2.72. The van der Waals surface area contributed by atoms with E-state index in [9.17, 15) is 10.2 Å². The molecule has 2 bridgehead atoms. The van der Waals surface area contributed by atoms with Gasteiger partial charge in [0.1, 0.15) is 0 Å². The van der Waals surface area contributed by atoms with Crippen LogP contribution in [0.5, 0.6) is 0 Å². The second-order valence-electron chi connectivity index (χ2n) is 4.47. The summed E-state index contributed by atoms with van der Waals surface area (Å²) in [6.07, 6.45) is 0.292. The molecule has 0 heterocycles. The summed E-state index contributed by atoms with van der Waals surface area (Å²) in [6.45, 7) is 0. The number of hydrogen-bond donors (Lipinski definition) is 2. The third-order valence-electron chi connectivity index (χ3n) is 3.81. The molecular formula is C10H8Br4O2. The van der Waals surface area contributed by atoms with Crippen molar-refractivity contribution in [1.82, 2.24) is 0 Å². The summed E-state index contributed by atoms with van der Waals surface area (Å²) in [5.41, 5.74) is 1.95. The van der Waals surface area contributed by atoms with Gasteiger partial charge in [-0.25, -0.2) is 0 Å². The van der Waals surface area contributed by atoms with Crippen molar-refractivity contribution >= 4 is 63.7 Å². The topological polar surface area (TPSA) is 40.5 Å². The van der Waals surface area contributed by atoms with Crippen LogP contribution in [0.4, 0.5) is 0 Å². The summed E-state index contributed by atoms with van der Waals surface area (Å²) in [4.78, 5) is 0. The minimum absolute atomic E-state index is 0.260. The molecule has 4 atom stereocenters. The molecule has 0 saturated heterocycles. The second-order valence-corrected chi connectivity index (χ2v) is 8.66. The standard InChI is InChI=1S/C10H8Br4O2/c11-7-3-1-4(15)6(8(7)12)10(14)5(16)2-9(3,10)13/h4-5,15-16H,1-2H2. The number of hydrogen-bond acceptors (Lipinski definition) is 2. The Labute approximate surface area is 127 Å². The van der Waals surface area contributed by atoms with Crippen LogP contribution in [-0.4, -0.2) is 31.1 Å². The number of aliphatic hydroxyl groups excluding tert-OH is 2. The lowest BCUT2D eigenvalue weighted by Gasteiger charge is -2.64. The first-order valence-electron chi connectivity index (χ1n) is 4.87. The Morgan fingerprint density at radius 3 is 2.31 bits per heavy atom. The molecule has 0 radical (unpaired) electrons. The summed E-state index contributed by atoms with van der Waals surface area (Å²) in [5, 5.41) is 20.1. The second kappa shape index (κ2) is 3.45. The summed E-state index contributed by atoms with van der Waals surface area (Å²) in [6, 6.07) is 0. The molecule has 4 aliphatic rings.